The molecule has 0 saturated carbocycles. The molecule has 0 spiro atoms. The molecule has 2 heterocycles. The average Bonchev–Trinajstić information content (AvgIpc) is 2.58. The minimum Gasteiger partial charge on any atom is -1.00 e. The van der Waals surface area contributed by atoms with Crippen molar-refractivity contribution in [3.63, 3.8) is 0 Å². The number of phenols is 1. The Balaban J connectivity index is 0.00000169. The molecular formula is C20H18BrNO2. The zero-order chi connectivity index (χ0) is 16.0. The highest BCUT2D eigenvalue weighted by atomic mass is 79.9. The highest BCUT2D eigenvalue weighted by Crippen LogP contribution is 2.36. The van der Waals surface area contributed by atoms with Crippen LogP contribution in [0.25, 0.3) is 27.1 Å². The summed E-state index contributed by atoms with van der Waals surface area (Å²) in [6.45, 7) is 4.55. The maximum absolute atomic E-state index is 10.5. The summed E-state index contributed by atoms with van der Waals surface area (Å²) >= 11 is 0. The third-order valence-corrected chi connectivity index (χ3v) is 4.40. The van der Waals surface area contributed by atoms with Crippen LogP contribution in [0.1, 0.15) is 12.5 Å². The molecule has 0 aliphatic heterocycles. The summed E-state index contributed by atoms with van der Waals surface area (Å²) in [5.74, 6) is 0.732. The Morgan fingerprint density at radius 1 is 1.00 bits per heavy atom. The van der Waals surface area contributed by atoms with Gasteiger partial charge < -0.3 is 26.8 Å². The highest BCUT2D eigenvalue weighted by Gasteiger charge is 2.18. The fourth-order valence-electron chi connectivity index (χ4n) is 3.32. The predicted molar refractivity (Wildman–Crippen MR) is 92.2 cm³/mol. The van der Waals surface area contributed by atoms with Gasteiger partial charge in [-0.05, 0) is 37.4 Å². The molecule has 0 bridgehead atoms. The summed E-state index contributed by atoms with van der Waals surface area (Å²) in [4.78, 5) is 0. The van der Waals surface area contributed by atoms with Gasteiger partial charge in [0.25, 0.3) is 0 Å². The summed E-state index contributed by atoms with van der Waals surface area (Å²) in [6.07, 6.45) is 4.01. The van der Waals surface area contributed by atoms with Crippen molar-refractivity contribution in [2.24, 2.45) is 0 Å². The Hall–Kier alpha value is -2.33. The molecule has 0 fully saturated rings. The minimum atomic E-state index is 0. The second-order valence-corrected chi connectivity index (χ2v) is 5.72. The van der Waals surface area contributed by atoms with Gasteiger partial charge >= 0.3 is 0 Å². The van der Waals surface area contributed by atoms with Crippen molar-refractivity contribution < 1.29 is 31.2 Å². The number of rotatable bonds is 2. The highest BCUT2D eigenvalue weighted by molar-refractivity contribution is 6.01. The van der Waals surface area contributed by atoms with E-state index in [9.17, 15) is 5.11 Å². The van der Waals surface area contributed by atoms with E-state index in [2.05, 4.69) is 41.7 Å². The number of aromatic nitrogens is 1. The lowest BCUT2D eigenvalue weighted by atomic mass is 10.0. The molecule has 4 aromatic rings. The number of hydrogen-bond acceptors (Lipinski definition) is 2. The second-order valence-electron chi connectivity index (χ2n) is 5.72. The number of pyridine rings is 2. The van der Waals surface area contributed by atoms with Gasteiger partial charge in [-0.15, -0.1) is 0 Å². The number of phenolic OH excluding ortho intramolecular Hbond substituents is 1. The molecule has 4 heteroatoms. The average molecular weight is 384 g/mol. The van der Waals surface area contributed by atoms with Crippen molar-refractivity contribution in [3.05, 3.63) is 60.4 Å². The van der Waals surface area contributed by atoms with Crippen molar-refractivity contribution in [1.29, 1.82) is 0 Å². The maximum atomic E-state index is 10.5. The third kappa shape index (κ3) is 2.38. The van der Waals surface area contributed by atoms with E-state index in [1.807, 2.05) is 31.5 Å². The van der Waals surface area contributed by atoms with Crippen LogP contribution in [0.3, 0.4) is 0 Å². The van der Waals surface area contributed by atoms with Crippen LogP contribution in [0, 0.1) is 6.92 Å². The first-order valence-electron chi connectivity index (χ1n) is 7.81. The van der Waals surface area contributed by atoms with Gasteiger partial charge in [0.05, 0.1) is 17.4 Å². The smallest absolute Gasteiger partial charge is 0.222 e. The maximum Gasteiger partial charge on any atom is 0.222 e. The Morgan fingerprint density at radius 3 is 2.58 bits per heavy atom. The van der Waals surface area contributed by atoms with Crippen LogP contribution in [-0.4, -0.2) is 11.7 Å². The Morgan fingerprint density at radius 2 is 1.79 bits per heavy atom. The SMILES string of the molecule is CCOc1ccc2c(C)c3c4ccccc4cc[n+]3cc2c1O.[Br-]. The van der Waals surface area contributed by atoms with Crippen LogP contribution in [0.4, 0.5) is 0 Å². The predicted octanol–water partition coefficient (Wildman–Crippen LogP) is 1.15. The molecule has 2 aromatic heterocycles. The monoisotopic (exact) mass is 383 g/mol. The van der Waals surface area contributed by atoms with Crippen LogP contribution >= 0.6 is 0 Å². The van der Waals surface area contributed by atoms with Crippen LogP contribution < -0.4 is 26.1 Å². The van der Waals surface area contributed by atoms with Gasteiger partial charge in [-0.1, -0.05) is 18.2 Å². The van der Waals surface area contributed by atoms with E-state index in [1.165, 1.54) is 16.3 Å². The molecule has 3 nitrogen and oxygen atoms in total. The number of aryl methyl sites for hydroxylation is 1. The first kappa shape index (κ1) is 16.5. The zero-order valence-corrected chi connectivity index (χ0v) is 15.2. The van der Waals surface area contributed by atoms with Crippen molar-refractivity contribution in [2.75, 3.05) is 6.61 Å². The first-order chi connectivity index (χ1) is 11.2. The van der Waals surface area contributed by atoms with E-state index in [0.29, 0.717) is 12.4 Å². The van der Waals surface area contributed by atoms with Gasteiger partial charge in [0.15, 0.2) is 23.9 Å². The molecule has 4 rings (SSSR count). The number of ether oxygens (including phenoxy) is 1. The molecule has 0 radical (unpaired) electrons. The van der Waals surface area contributed by atoms with Crippen LogP contribution in [-0.2, 0) is 0 Å². The molecule has 0 aliphatic rings. The van der Waals surface area contributed by atoms with Gasteiger partial charge in [-0.2, -0.15) is 4.40 Å². The lowest BCUT2D eigenvalue weighted by Crippen LogP contribution is -3.00. The van der Waals surface area contributed by atoms with Gasteiger partial charge in [0, 0.05) is 17.0 Å². The van der Waals surface area contributed by atoms with Crippen molar-refractivity contribution in [2.45, 2.75) is 13.8 Å². The Labute approximate surface area is 150 Å². The van der Waals surface area contributed by atoms with E-state index in [1.54, 1.807) is 0 Å². The summed E-state index contributed by atoms with van der Waals surface area (Å²) in [6, 6.07) is 14.3. The van der Waals surface area contributed by atoms with E-state index in [0.717, 1.165) is 16.3 Å². The van der Waals surface area contributed by atoms with Crippen molar-refractivity contribution in [1.82, 2.24) is 0 Å². The molecule has 122 valence electrons. The molecular weight excluding hydrogens is 366 g/mol. The quantitative estimate of drug-likeness (QED) is 0.320. The number of benzene rings is 2. The zero-order valence-electron chi connectivity index (χ0n) is 13.6. The van der Waals surface area contributed by atoms with E-state index >= 15 is 0 Å². The summed E-state index contributed by atoms with van der Waals surface area (Å²) < 4.78 is 7.59. The molecule has 0 saturated heterocycles. The normalized spacial score (nSPS) is 10.9. The number of hydrogen-bond donors (Lipinski definition) is 1. The molecule has 1 N–H and O–H groups in total. The van der Waals surface area contributed by atoms with Crippen LogP contribution in [0.5, 0.6) is 11.5 Å². The Kier molecular flexibility index (Phi) is 4.33. The third-order valence-electron chi connectivity index (χ3n) is 4.40. The first-order valence-corrected chi connectivity index (χ1v) is 7.81. The van der Waals surface area contributed by atoms with E-state index < -0.39 is 0 Å². The largest absolute Gasteiger partial charge is 1.00 e. The topological polar surface area (TPSA) is 33.6 Å². The van der Waals surface area contributed by atoms with E-state index in [-0.39, 0.29) is 22.7 Å². The van der Waals surface area contributed by atoms with Gasteiger partial charge in [0.1, 0.15) is 0 Å². The fourth-order valence-corrected chi connectivity index (χ4v) is 3.32. The summed E-state index contributed by atoms with van der Waals surface area (Å²) in [7, 11) is 0. The molecule has 0 amide bonds. The van der Waals surface area contributed by atoms with Gasteiger partial charge in [-0.25, -0.2) is 0 Å². The van der Waals surface area contributed by atoms with Crippen molar-refractivity contribution >= 4 is 27.1 Å². The second kappa shape index (κ2) is 6.29. The summed E-state index contributed by atoms with van der Waals surface area (Å²) in [5, 5.41) is 14.8. The lowest BCUT2D eigenvalue weighted by molar-refractivity contribution is -0.509. The summed E-state index contributed by atoms with van der Waals surface area (Å²) in [5.41, 5.74) is 2.32. The Bertz CT molecular complexity index is 1060. The standard InChI is InChI=1S/C20H17NO2.BrH/c1-3-23-18-9-8-15-13(2)19-16-7-5-4-6-14(16)10-11-21(19)12-17(15)20(18)22;/h4-12H,3H2,1-2H3;1H. The molecule has 0 atom stereocenters. The molecule has 2 aromatic carbocycles. The van der Waals surface area contributed by atoms with Crippen LogP contribution in [0.2, 0.25) is 0 Å². The number of aromatic hydroxyl groups is 1. The number of halogens is 1. The lowest BCUT2D eigenvalue weighted by Gasteiger charge is -2.10. The van der Waals surface area contributed by atoms with Crippen LogP contribution in [0.15, 0.2) is 54.9 Å². The van der Waals surface area contributed by atoms with Crippen molar-refractivity contribution in [3.8, 4) is 11.5 Å². The molecule has 0 unspecified atom stereocenters. The van der Waals surface area contributed by atoms with E-state index in [4.69, 9.17) is 4.74 Å². The molecule has 24 heavy (non-hydrogen) atoms. The number of nitrogens with zero attached hydrogens (tertiary/aromatic N) is 1. The number of fused-ring (bicyclic) bond motifs is 4. The van der Waals surface area contributed by atoms with Gasteiger partial charge in [-0.3, -0.25) is 0 Å². The molecule has 0 aliphatic carbocycles. The minimum absolute atomic E-state index is 0. The fraction of sp³-hybridized carbons (Fsp3) is 0.150. The van der Waals surface area contributed by atoms with Gasteiger partial charge in [0.2, 0.25) is 5.52 Å².